The van der Waals surface area contributed by atoms with Crippen molar-refractivity contribution in [3.8, 4) is 5.69 Å². The van der Waals surface area contributed by atoms with Crippen LogP contribution in [0.4, 0.5) is 0 Å². The zero-order valence-corrected chi connectivity index (χ0v) is 12.4. The Morgan fingerprint density at radius 1 is 1.15 bits per heavy atom. The Hall–Kier alpha value is -1.65. The molecule has 0 unspecified atom stereocenters. The van der Waals surface area contributed by atoms with E-state index in [0.29, 0.717) is 0 Å². The topological polar surface area (TPSA) is 33.1 Å². The third-order valence-electron chi connectivity index (χ3n) is 3.56. The molecule has 108 valence electrons. The van der Waals surface area contributed by atoms with Crippen molar-refractivity contribution in [3.63, 3.8) is 0 Å². The van der Waals surface area contributed by atoms with Crippen LogP contribution in [-0.2, 0) is 6.54 Å². The maximum Gasteiger partial charge on any atom is 0.0690 e. The standard InChI is InChI=1S/C16H24N4/c1-3-19(4-2)13-11-17-14-15-8-5-6-9-16(15)20-12-7-10-18-20/h5-10,12,17H,3-4,11,13-14H2,1-2H3. The number of benzene rings is 1. The van der Waals surface area contributed by atoms with Gasteiger partial charge in [0.1, 0.15) is 0 Å². The molecule has 1 aromatic heterocycles. The van der Waals surface area contributed by atoms with E-state index in [-0.39, 0.29) is 0 Å². The zero-order valence-electron chi connectivity index (χ0n) is 12.4. The van der Waals surface area contributed by atoms with Crippen LogP contribution in [-0.4, -0.2) is 40.9 Å². The highest BCUT2D eigenvalue weighted by atomic mass is 15.3. The lowest BCUT2D eigenvalue weighted by Crippen LogP contribution is -2.31. The number of aromatic nitrogens is 2. The van der Waals surface area contributed by atoms with Gasteiger partial charge in [-0.3, -0.25) is 0 Å². The summed E-state index contributed by atoms with van der Waals surface area (Å²) in [5.41, 5.74) is 2.42. The van der Waals surface area contributed by atoms with Crippen LogP contribution in [0.25, 0.3) is 5.69 Å². The van der Waals surface area contributed by atoms with Crippen LogP contribution in [0.15, 0.2) is 42.7 Å². The predicted octanol–water partition coefficient (Wildman–Crippen LogP) is 2.30. The molecule has 0 aliphatic carbocycles. The second kappa shape index (κ2) is 7.82. The van der Waals surface area contributed by atoms with Gasteiger partial charge in [-0.05, 0) is 30.8 Å². The summed E-state index contributed by atoms with van der Waals surface area (Å²) in [5, 5.41) is 7.83. The van der Waals surface area contributed by atoms with Crippen molar-refractivity contribution in [2.24, 2.45) is 0 Å². The highest BCUT2D eigenvalue weighted by molar-refractivity contribution is 5.40. The Morgan fingerprint density at radius 2 is 1.95 bits per heavy atom. The molecule has 4 heteroatoms. The molecular weight excluding hydrogens is 248 g/mol. The molecule has 1 aromatic carbocycles. The van der Waals surface area contributed by atoms with Gasteiger partial charge in [0.25, 0.3) is 0 Å². The van der Waals surface area contributed by atoms with Crippen LogP contribution >= 0.6 is 0 Å². The van der Waals surface area contributed by atoms with Crippen LogP contribution < -0.4 is 5.32 Å². The molecule has 0 fully saturated rings. The molecule has 1 N–H and O–H groups in total. The predicted molar refractivity (Wildman–Crippen MR) is 83.1 cm³/mol. The van der Waals surface area contributed by atoms with Crippen molar-refractivity contribution in [3.05, 3.63) is 48.3 Å². The SMILES string of the molecule is CCN(CC)CCNCc1ccccc1-n1cccn1. The minimum absolute atomic E-state index is 0.872. The summed E-state index contributed by atoms with van der Waals surface area (Å²) in [4.78, 5) is 2.42. The third-order valence-corrected chi connectivity index (χ3v) is 3.56. The number of nitrogens with zero attached hydrogens (tertiary/aromatic N) is 3. The fourth-order valence-corrected chi connectivity index (χ4v) is 2.30. The number of nitrogens with one attached hydrogen (secondary N) is 1. The number of rotatable bonds is 8. The van der Waals surface area contributed by atoms with E-state index in [0.717, 1.165) is 38.4 Å². The first kappa shape index (κ1) is 14.8. The summed E-state index contributed by atoms with van der Waals surface area (Å²) in [6.07, 6.45) is 3.79. The molecule has 0 spiro atoms. The number of para-hydroxylation sites is 1. The van der Waals surface area contributed by atoms with E-state index >= 15 is 0 Å². The van der Waals surface area contributed by atoms with E-state index in [2.05, 4.69) is 53.4 Å². The molecule has 2 rings (SSSR count). The number of hydrogen-bond donors (Lipinski definition) is 1. The number of hydrogen-bond acceptors (Lipinski definition) is 3. The van der Waals surface area contributed by atoms with E-state index in [9.17, 15) is 0 Å². The maximum absolute atomic E-state index is 4.31. The van der Waals surface area contributed by atoms with Crippen molar-refractivity contribution in [1.29, 1.82) is 0 Å². The van der Waals surface area contributed by atoms with Gasteiger partial charge in [-0.25, -0.2) is 4.68 Å². The normalized spacial score (nSPS) is 11.2. The molecule has 20 heavy (non-hydrogen) atoms. The molecule has 4 nitrogen and oxygen atoms in total. The van der Waals surface area contributed by atoms with Gasteiger partial charge in [-0.1, -0.05) is 32.0 Å². The Kier molecular flexibility index (Phi) is 5.77. The van der Waals surface area contributed by atoms with Crippen LogP contribution in [0.3, 0.4) is 0 Å². The second-order valence-corrected chi connectivity index (χ2v) is 4.78. The Bertz CT molecular complexity index is 489. The van der Waals surface area contributed by atoms with Gasteiger partial charge in [0.05, 0.1) is 5.69 Å². The molecule has 2 aromatic rings. The average molecular weight is 272 g/mol. The van der Waals surface area contributed by atoms with Crippen LogP contribution in [0.5, 0.6) is 0 Å². The molecule has 1 heterocycles. The van der Waals surface area contributed by atoms with Crippen LogP contribution in [0.2, 0.25) is 0 Å². The van der Waals surface area contributed by atoms with Crippen LogP contribution in [0, 0.1) is 0 Å². The Morgan fingerprint density at radius 3 is 2.65 bits per heavy atom. The molecule has 0 aliphatic heterocycles. The highest BCUT2D eigenvalue weighted by Gasteiger charge is 2.04. The van der Waals surface area contributed by atoms with E-state index in [1.807, 2.05) is 23.1 Å². The largest absolute Gasteiger partial charge is 0.311 e. The molecule has 0 saturated heterocycles. The lowest BCUT2D eigenvalue weighted by Gasteiger charge is -2.18. The van der Waals surface area contributed by atoms with Crippen molar-refractivity contribution < 1.29 is 0 Å². The molecular formula is C16H24N4. The summed E-state index contributed by atoms with van der Waals surface area (Å²) in [5.74, 6) is 0. The van der Waals surface area contributed by atoms with E-state index in [4.69, 9.17) is 0 Å². The van der Waals surface area contributed by atoms with Gasteiger partial charge in [-0.2, -0.15) is 5.10 Å². The van der Waals surface area contributed by atoms with Gasteiger partial charge in [-0.15, -0.1) is 0 Å². The smallest absolute Gasteiger partial charge is 0.0690 e. The fraction of sp³-hybridized carbons (Fsp3) is 0.438. The lowest BCUT2D eigenvalue weighted by molar-refractivity contribution is 0.302. The summed E-state index contributed by atoms with van der Waals surface area (Å²) >= 11 is 0. The molecule has 0 aliphatic rings. The number of likely N-dealkylation sites (N-methyl/N-ethyl adjacent to an activating group) is 1. The first-order valence-corrected chi connectivity index (χ1v) is 7.36. The first-order chi connectivity index (χ1) is 9.85. The average Bonchev–Trinajstić information content (AvgIpc) is 3.02. The van der Waals surface area contributed by atoms with Gasteiger partial charge in [0.2, 0.25) is 0 Å². The quantitative estimate of drug-likeness (QED) is 0.749. The minimum atomic E-state index is 0.872. The summed E-state index contributed by atoms with van der Waals surface area (Å²) < 4.78 is 1.92. The maximum atomic E-state index is 4.31. The van der Waals surface area contributed by atoms with Crippen LogP contribution in [0.1, 0.15) is 19.4 Å². The van der Waals surface area contributed by atoms with Gasteiger partial charge in [0.15, 0.2) is 0 Å². The van der Waals surface area contributed by atoms with Crippen molar-refractivity contribution in [2.75, 3.05) is 26.2 Å². The minimum Gasteiger partial charge on any atom is -0.311 e. The van der Waals surface area contributed by atoms with E-state index in [1.54, 1.807) is 0 Å². The fourth-order valence-electron chi connectivity index (χ4n) is 2.30. The third kappa shape index (κ3) is 3.92. The summed E-state index contributed by atoms with van der Waals surface area (Å²) in [6, 6.07) is 10.3. The first-order valence-electron chi connectivity index (χ1n) is 7.36. The molecule has 0 atom stereocenters. The lowest BCUT2D eigenvalue weighted by atomic mass is 10.2. The van der Waals surface area contributed by atoms with Gasteiger partial charge < -0.3 is 10.2 Å². The monoisotopic (exact) mass is 272 g/mol. The van der Waals surface area contributed by atoms with E-state index in [1.165, 1.54) is 5.56 Å². The van der Waals surface area contributed by atoms with Gasteiger partial charge >= 0.3 is 0 Å². The summed E-state index contributed by atoms with van der Waals surface area (Å²) in [7, 11) is 0. The Balaban J connectivity index is 1.90. The second-order valence-electron chi connectivity index (χ2n) is 4.78. The van der Waals surface area contributed by atoms with Crippen molar-refractivity contribution in [2.45, 2.75) is 20.4 Å². The molecule has 0 bridgehead atoms. The zero-order chi connectivity index (χ0) is 14.2. The molecule has 0 saturated carbocycles. The van der Waals surface area contributed by atoms with Crippen molar-refractivity contribution in [1.82, 2.24) is 20.0 Å². The molecule has 0 radical (unpaired) electrons. The van der Waals surface area contributed by atoms with E-state index < -0.39 is 0 Å². The highest BCUT2D eigenvalue weighted by Crippen LogP contribution is 2.12. The summed E-state index contributed by atoms with van der Waals surface area (Å²) in [6.45, 7) is 9.61. The molecule has 0 amide bonds. The van der Waals surface area contributed by atoms with Gasteiger partial charge in [0, 0.05) is 32.0 Å². The van der Waals surface area contributed by atoms with Crippen molar-refractivity contribution >= 4 is 0 Å². The Labute approximate surface area is 121 Å².